The Morgan fingerprint density at radius 3 is 2.36 bits per heavy atom. The van der Waals surface area contributed by atoms with Crippen molar-refractivity contribution in [3.05, 3.63) is 23.8 Å². The third-order valence-electron chi connectivity index (χ3n) is 2.97. The molecule has 7 heteroatoms. The lowest BCUT2D eigenvalue weighted by molar-refractivity contribution is 0.0696. The predicted molar refractivity (Wildman–Crippen MR) is 86.9 cm³/mol. The van der Waals surface area contributed by atoms with E-state index in [0.717, 1.165) is 6.42 Å². The van der Waals surface area contributed by atoms with E-state index in [4.69, 9.17) is 5.11 Å². The van der Waals surface area contributed by atoms with Gasteiger partial charge in [-0.3, -0.25) is 0 Å². The number of rotatable bonds is 6. The first-order chi connectivity index (χ1) is 9.96. The fourth-order valence-corrected chi connectivity index (χ4v) is 3.44. The lowest BCUT2D eigenvalue weighted by atomic mass is 10.1. The molecule has 1 aromatic carbocycles. The van der Waals surface area contributed by atoms with E-state index >= 15 is 0 Å². The van der Waals surface area contributed by atoms with Crippen LogP contribution in [0.25, 0.3) is 0 Å². The average molecular weight is 328 g/mol. The molecule has 3 N–H and O–H groups in total. The molecule has 0 fully saturated rings. The van der Waals surface area contributed by atoms with Gasteiger partial charge in [0.2, 0.25) is 10.0 Å². The summed E-state index contributed by atoms with van der Waals surface area (Å²) in [6.45, 7) is 9.09. The van der Waals surface area contributed by atoms with E-state index in [9.17, 15) is 13.2 Å². The Bertz CT molecular complexity index is 648. The van der Waals surface area contributed by atoms with E-state index in [2.05, 4.69) is 10.0 Å². The molecule has 1 aromatic rings. The number of sulfonamides is 1. The van der Waals surface area contributed by atoms with Crippen molar-refractivity contribution in [3.63, 3.8) is 0 Å². The van der Waals surface area contributed by atoms with E-state index in [1.807, 2.05) is 13.8 Å². The van der Waals surface area contributed by atoms with Gasteiger partial charge in [0.15, 0.2) is 0 Å². The van der Waals surface area contributed by atoms with Gasteiger partial charge in [0.1, 0.15) is 4.90 Å². The molecule has 0 aliphatic rings. The van der Waals surface area contributed by atoms with Gasteiger partial charge in [0.05, 0.1) is 11.3 Å². The van der Waals surface area contributed by atoms with Crippen molar-refractivity contribution < 1.29 is 18.3 Å². The van der Waals surface area contributed by atoms with E-state index in [1.54, 1.807) is 20.8 Å². The number of aromatic carboxylic acids is 1. The third-order valence-corrected chi connectivity index (χ3v) is 4.77. The summed E-state index contributed by atoms with van der Waals surface area (Å²) in [5.74, 6) is -1.16. The lowest BCUT2D eigenvalue weighted by Gasteiger charge is -2.23. The highest BCUT2D eigenvalue weighted by Gasteiger charge is 2.26. The van der Waals surface area contributed by atoms with Crippen molar-refractivity contribution in [2.24, 2.45) is 0 Å². The number of carbonyl (C=O) groups is 1. The number of hydrogen-bond acceptors (Lipinski definition) is 4. The van der Waals surface area contributed by atoms with Crippen LogP contribution in [0.15, 0.2) is 23.1 Å². The highest BCUT2D eigenvalue weighted by molar-refractivity contribution is 7.89. The van der Waals surface area contributed by atoms with E-state index in [-0.39, 0.29) is 16.5 Å². The molecule has 22 heavy (non-hydrogen) atoms. The van der Waals surface area contributed by atoms with Gasteiger partial charge in [-0.25, -0.2) is 17.9 Å². The van der Waals surface area contributed by atoms with E-state index < -0.39 is 21.5 Å². The summed E-state index contributed by atoms with van der Waals surface area (Å²) >= 11 is 0. The van der Waals surface area contributed by atoms with Gasteiger partial charge in [-0.1, -0.05) is 6.92 Å². The molecule has 0 radical (unpaired) electrons. The Morgan fingerprint density at radius 2 is 1.91 bits per heavy atom. The zero-order valence-corrected chi connectivity index (χ0v) is 14.4. The third kappa shape index (κ3) is 4.99. The molecule has 0 unspecified atom stereocenters. The van der Waals surface area contributed by atoms with Crippen LogP contribution < -0.4 is 10.0 Å². The van der Waals surface area contributed by atoms with Gasteiger partial charge in [-0.05, 0) is 52.3 Å². The SMILES string of the molecule is CC[C@H](C)Nc1ccc(C(=O)O)cc1S(=O)(=O)NC(C)(C)C. The summed E-state index contributed by atoms with van der Waals surface area (Å²) in [4.78, 5) is 11.1. The quantitative estimate of drug-likeness (QED) is 0.746. The maximum atomic E-state index is 12.6. The Balaban J connectivity index is 3.39. The van der Waals surface area contributed by atoms with Crippen molar-refractivity contribution in [1.82, 2.24) is 4.72 Å². The summed E-state index contributed by atoms with van der Waals surface area (Å²) in [5.41, 5.74) is -0.328. The highest BCUT2D eigenvalue weighted by atomic mass is 32.2. The van der Waals surface area contributed by atoms with Crippen LogP contribution >= 0.6 is 0 Å². The number of hydrogen-bond donors (Lipinski definition) is 3. The minimum atomic E-state index is -3.83. The smallest absolute Gasteiger partial charge is 0.335 e. The maximum absolute atomic E-state index is 12.6. The summed E-state index contributed by atoms with van der Waals surface area (Å²) < 4.78 is 27.7. The zero-order valence-electron chi connectivity index (χ0n) is 13.6. The summed E-state index contributed by atoms with van der Waals surface area (Å²) in [6.07, 6.45) is 0.812. The van der Waals surface area contributed by atoms with Crippen molar-refractivity contribution >= 4 is 21.7 Å². The van der Waals surface area contributed by atoms with Gasteiger partial charge in [0.25, 0.3) is 0 Å². The van der Waals surface area contributed by atoms with Crippen molar-refractivity contribution in [2.75, 3.05) is 5.32 Å². The van der Waals surface area contributed by atoms with Gasteiger partial charge < -0.3 is 10.4 Å². The van der Waals surface area contributed by atoms with Gasteiger partial charge in [-0.15, -0.1) is 0 Å². The Labute approximate surface area is 132 Å². The van der Waals surface area contributed by atoms with Crippen LogP contribution in [0, 0.1) is 0 Å². The van der Waals surface area contributed by atoms with Crippen molar-refractivity contribution in [2.45, 2.75) is 57.5 Å². The van der Waals surface area contributed by atoms with Crippen LogP contribution in [-0.2, 0) is 10.0 Å². The number of carboxylic acid groups (broad SMARTS) is 1. The molecule has 6 nitrogen and oxygen atoms in total. The molecule has 0 saturated heterocycles. The maximum Gasteiger partial charge on any atom is 0.335 e. The van der Waals surface area contributed by atoms with Crippen LogP contribution in [0.5, 0.6) is 0 Å². The van der Waals surface area contributed by atoms with Crippen LogP contribution in [-0.4, -0.2) is 31.1 Å². The lowest BCUT2D eigenvalue weighted by Crippen LogP contribution is -2.40. The van der Waals surface area contributed by atoms with Gasteiger partial charge in [-0.2, -0.15) is 0 Å². The molecular weight excluding hydrogens is 304 g/mol. The largest absolute Gasteiger partial charge is 0.478 e. The van der Waals surface area contributed by atoms with E-state index in [1.165, 1.54) is 18.2 Å². The van der Waals surface area contributed by atoms with Crippen LogP contribution in [0.4, 0.5) is 5.69 Å². The van der Waals surface area contributed by atoms with Gasteiger partial charge in [0, 0.05) is 11.6 Å². The van der Waals surface area contributed by atoms with Crippen molar-refractivity contribution in [3.8, 4) is 0 Å². The fraction of sp³-hybridized carbons (Fsp3) is 0.533. The molecular formula is C15H24N2O4S. The van der Waals surface area contributed by atoms with Crippen molar-refractivity contribution in [1.29, 1.82) is 0 Å². The zero-order chi connectivity index (χ0) is 17.1. The van der Waals surface area contributed by atoms with Crippen LogP contribution in [0.1, 0.15) is 51.4 Å². The molecule has 0 aliphatic heterocycles. The molecule has 1 rings (SSSR count). The topological polar surface area (TPSA) is 95.5 Å². The minimum Gasteiger partial charge on any atom is -0.478 e. The normalized spacial score (nSPS) is 13.7. The summed E-state index contributed by atoms with van der Waals surface area (Å²) in [6, 6.07) is 4.14. The molecule has 0 amide bonds. The Morgan fingerprint density at radius 1 is 1.32 bits per heavy atom. The first-order valence-corrected chi connectivity index (χ1v) is 8.62. The summed E-state index contributed by atoms with van der Waals surface area (Å²) in [5, 5.41) is 12.2. The molecule has 1 atom stereocenters. The second-order valence-electron chi connectivity index (χ2n) is 6.33. The predicted octanol–water partition coefficient (Wildman–Crippen LogP) is 2.67. The molecule has 0 aliphatic carbocycles. The number of nitrogens with one attached hydrogen (secondary N) is 2. The minimum absolute atomic E-state index is 0.0531. The molecule has 0 aromatic heterocycles. The Kier molecular flexibility index (Phi) is 5.59. The standard InChI is InChI=1S/C15H24N2O4S/c1-6-10(2)16-12-8-7-11(14(18)19)9-13(12)22(20,21)17-15(3,4)5/h7-10,16-17H,6H2,1-5H3,(H,18,19)/t10-/m0/s1. The molecule has 0 heterocycles. The Hall–Kier alpha value is -1.60. The first kappa shape index (κ1) is 18.4. The van der Waals surface area contributed by atoms with Gasteiger partial charge >= 0.3 is 5.97 Å². The van der Waals surface area contributed by atoms with Crippen LogP contribution in [0.2, 0.25) is 0 Å². The first-order valence-electron chi connectivity index (χ1n) is 7.14. The molecule has 124 valence electrons. The average Bonchev–Trinajstić information content (AvgIpc) is 2.35. The second-order valence-corrected chi connectivity index (χ2v) is 7.98. The number of anilines is 1. The monoisotopic (exact) mass is 328 g/mol. The molecule has 0 saturated carbocycles. The molecule has 0 bridgehead atoms. The summed E-state index contributed by atoms with van der Waals surface area (Å²) in [7, 11) is -3.83. The molecule has 0 spiro atoms. The highest BCUT2D eigenvalue weighted by Crippen LogP contribution is 2.25. The number of carboxylic acids is 1. The number of benzene rings is 1. The van der Waals surface area contributed by atoms with E-state index in [0.29, 0.717) is 5.69 Å². The second kappa shape index (κ2) is 6.66. The van der Waals surface area contributed by atoms with Crippen LogP contribution in [0.3, 0.4) is 0 Å². The fourth-order valence-electron chi connectivity index (χ4n) is 1.82.